The van der Waals surface area contributed by atoms with Crippen LogP contribution in [0.2, 0.25) is 0 Å². The van der Waals surface area contributed by atoms with Crippen LogP contribution in [0.25, 0.3) is 5.69 Å². The highest BCUT2D eigenvalue weighted by Crippen LogP contribution is 2.20. The Hall–Kier alpha value is -3.22. The van der Waals surface area contributed by atoms with E-state index < -0.39 is 0 Å². The van der Waals surface area contributed by atoms with Crippen LogP contribution in [0.15, 0.2) is 54.9 Å². The molecular formula is C21H23N5O2. The third-order valence-corrected chi connectivity index (χ3v) is 4.99. The molecule has 1 aliphatic rings. The highest BCUT2D eigenvalue weighted by atomic mass is 16.5. The molecule has 0 radical (unpaired) electrons. The molecule has 2 aromatic carbocycles. The fourth-order valence-corrected chi connectivity index (χ4v) is 3.44. The summed E-state index contributed by atoms with van der Waals surface area (Å²) < 4.78 is 7.66. The summed E-state index contributed by atoms with van der Waals surface area (Å²) in [5.41, 5.74) is 3.05. The van der Waals surface area contributed by atoms with Gasteiger partial charge in [0.2, 0.25) is 5.91 Å². The molecule has 7 nitrogen and oxygen atoms in total. The monoisotopic (exact) mass is 377 g/mol. The number of aromatic nitrogens is 4. The van der Waals surface area contributed by atoms with Crippen molar-refractivity contribution >= 4 is 5.91 Å². The number of hydrogen-bond acceptors (Lipinski definition) is 5. The number of hydrogen-bond donors (Lipinski definition) is 0. The first-order valence-corrected chi connectivity index (χ1v) is 9.51. The summed E-state index contributed by atoms with van der Waals surface area (Å²) in [4.78, 5) is 14.6. The second kappa shape index (κ2) is 8.21. The zero-order valence-electron chi connectivity index (χ0n) is 15.9. The second-order valence-electron chi connectivity index (χ2n) is 7.11. The lowest BCUT2D eigenvalue weighted by molar-refractivity contribution is -0.132. The number of nitrogens with zero attached hydrogens (tertiary/aromatic N) is 5. The molecule has 2 heterocycles. The van der Waals surface area contributed by atoms with Crippen LogP contribution in [0.1, 0.15) is 24.0 Å². The molecule has 144 valence electrons. The largest absolute Gasteiger partial charge is 0.490 e. The molecule has 7 heteroatoms. The van der Waals surface area contributed by atoms with Crippen molar-refractivity contribution in [3.63, 3.8) is 0 Å². The summed E-state index contributed by atoms with van der Waals surface area (Å²) in [6.07, 6.45) is 3.83. The van der Waals surface area contributed by atoms with Gasteiger partial charge in [0.15, 0.2) is 0 Å². The van der Waals surface area contributed by atoms with Crippen LogP contribution in [0.4, 0.5) is 0 Å². The van der Waals surface area contributed by atoms with Crippen molar-refractivity contribution in [3.8, 4) is 11.4 Å². The van der Waals surface area contributed by atoms with Gasteiger partial charge >= 0.3 is 0 Å². The van der Waals surface area contributed by atoms with Crippen LogP contribution >= 0.6 is 0 Å². The molecular weight excluding hydrogens is 354 g/mol. The minimum Gasteiger partial charge on any atom is -0.490 e. The van der Waals surface area contributed by atoms with Crippen molar-refractivity contribution in [1.29, 1.82) is 0 Å². The number of amides is 1. The highest BCUT2D eigenvalue weighted by Gasteiger charge is 2.24. The summed E-state index contributed by atoms with van der Waals surface area (Å²) in [6, 6.07) is 15.8. The van der Waals surface area contributed by atoms with E-state index in [1.807, 2.05) is 41.3 Å². The summed E-state index contributed by atoms with van der Waals surface area (Å²) in [5.74, 6) is 1.07. The predicted octanol–water partition coefficient (Wildman–Crippen LogP) is 2.58. The van der Waals surface area contributed by atoms with Gasteiger partial charge in [-0.05, 0) is 52.7 Å². The standard InChI is InChI=1S/C21H23N5O2/c1-16-3-2-4-20(13-16)28-19-9-11-25(12-10-19)21(27)14-17-5-7-18(8-6-17)26-15-22-23-24-26/h2-8,13,15,19H,9-12,14H2,1H3. The van der Waals surface area contributed by atoms with Gasteiger partial charge in [-0.3, -0.25) is 4.79 Å². The average Bonchev–Trinajstić information content (AvgIpc) is 3.24. The molecule has 0 unspecified atom stereocenters. The van der Waals surface area contributed by atoms with Gasteiger partial charge in [-0.15, -0.1) is 5.10 Å². The van der Waals surface area contributed by atoms with Gasteiger partial charge < -0.3 is 9.64 Å². The maximum Gasteiger partial charge on any atom is 0.226 e. The van der Waals surface area contributed by atoms with Crippen LogP contribution in [0, 0.1) is 6.92 Å². The Balaban J connectivity index is 1.28. The van der Waals surface area contributed by atoms with E-state index in [-0.39, 0.29) is 12.0 Å². The number of carbonyl (C=O) groups excluding carboxylic acids is 1. The fourth-order valence-electron chi connectivity index (χ4n) is 3.44. The lowest BCUT2D eigenvalue weighted by Crippen LogP contribution is -2.42. The van der Waals surface area contributed by atoms with Gasteiger partial charge in [-0.1, -0.05) is 24.3 Å². The number of benzene rings is 2. The van der Waals surface area contributed by atoms with Crippen LogP contribution < -0.4 is 4.74 Å². The molecule has 3 aromatic rings. The SMILES string of the molecule is Cc1cccc(OC2CCN(C(=O)Cc3ccc(-n4cnnn4)cc3)CC2)c1. The molecule has 0 aliphatic carbocycles. The van der Waals surface area contributed by atoms with E-state index in [0.717, 1.165) is 42.9 Å². The second-order valence-corrected chi connectivity index (χ2v) is 7.11. The van der Waals surface area contributed by atoms with Crippen molar-refractivity contribution in [2.75, 3.05) is 13.1 Å². The Morgan fingerprint density at radius 1 is 1.14 bits per heavy atom. The summed E-state index contributed by atoms with van der Waals surface area (Å²) in [6.45, 7) is 3.53. The van der Waals surface area contributed by atoms with E-state index >= 15 is 0 Å². The number of ether oxygens (including phenoxy) is 1. The van der Waals surface area contributed by atoms with Crippen molar-refractivity contribution in [2.45, 2.75) is 32.3 Å². The number of carbonyl (C=O) groups is 1. The smallest absolute Gasteiger partial charge is 0.226 e. The first kappa shape index (κ1) is 18.2. The molecule has 0 bridgehead atoms. The Morgan fingerprint density at radius 2 is 1.93 bits per heavy atom. The maximum absolute atomic E-state index is 12.6. The van der Waals surface area contributed by atoms with Crippen molar-refractivity contribution in [2.24, 2.45) is 0 Å². The third kappa shape index (κ3) is 4.36. The fraction of sp³-hybridized carbons (Fsp3) is 0.333. The van der Waals surface area contributed by atoms with Crippen molar-refractivity contribution in [3.05, 3.63) is 66.0 Å². The minimum absolute atomic E-state index is 0.157. The van der Waals surface area contributed by atoms with Gasteiger partial charge in [-0.25, -0.2) is 4.68 Å². The molecule has 1 saturated heterocycles. The molecule has 1 aromatic heterocycles. The number of aryl methyl sites for hydroxylation is 1. The van der Waals surface area contributed by atoms with E-state index in [4.69, 9.17) is 4.74 Å². The zero-order valence-corrected chi connectivity index (χ0v) is 15.9. The van der Waals surface area contributed by atoms with E-state index in [1.54, 1.807) is 11.0 Å². The van der Waals surface area contributed by atoms with E-state index in [9.17, 15) is 4.79 Å². The number of tetrazole rings is 1. The lowest BCUT2D eigenvalue weighted by atomic mass is 10.1. The minimum atomic E-state index is 0.157. The van der Waals surface area contributed by atoms with E-state index in [0.29, 0.717) is 6.42 Å². The van der Waals surface area contributed by atoms with Gasteiger partial charge in [0.25, 0.3) is 0 Å². The van der Waals surface area contributed by atoms with Crippen LogP contribution in [0.5, 0.6) is 5.75 Å². The Morgan fingerprint density at radius 3 is 2.61 bits per heavy atom. The van der Waals surface area contributed by atoms with Gasteiger partial charge in [0.1, 0.15) is 18.2 Å². The van der Waals surface area contributed by atoms with Crippen LogP contribution in [0.3, 0.4) is 0 Å². The third-order valence-electron chi connectivity index (χ3n) is 4.99. The van der Waals surface area contributed by atoms with Gasteiger partial charge in [0.05, 0.1) is 12.1 Å². The Kier molecular flexibility index (Phi) is 5.32. The normalized spacial score (nSPS) is 14.8. The molecule has 0 saturated carbocycles. The Bertz CT molecular complexity index is 916. The van der Waals surface area contributed by atoms with E-state index in [2.05, 4.69) is 34.6 Å². The van der Waals surface area contributed by atoms with Crippen molar-refractivity contribution in [1.82, 2.24) is 25.1 Å². The Labute approximate surface area is 163 Å². The number of piperidine rings is 1. The molecule has 1 aliphatic heterocycles. The first-order valence-electron chi connectivity index (χ1n) is 9.51. The van der Waals surface area contributed by atoms with Crippen molar-refractivity contribution < 1.29 is 9.53 Å². The van der Waals surface area contributed by atoms with Crippen LogP contribution in [-0.2, 0) is 11.2 Å². The lowest BCUT2D eigenvalue weighted by Gasteiger charge is -2.32. The summed E-state index contributed by atoms with van der Waals surface area (Å²) in [7, 11) is 0. The zero-order chi connectivity index (χ0) is 19.3. The molecule has 1 fully saturated rings. The molecule has 28 heavy (non-hydrogen) atoms. The number of rotatable bonds is 5. The predicted molar refractivity (Wildman–Crippen MR) is 104 cm³/mol. The molecule has 1 amide bonds. The summed E-state index contributed by atoms with van der Waals surface area (Å²) in [5, 5.41) is 11.1. The molecule has 0 atom stereocenters. The average molecular weight is 377 g/mol. The van der Waals surface area contributed by atoms with Gasteiger partial charge in [-0.2, -0.15) is 0 Å². The highest BCUT2D eigenvalue weighted by molar-refractivity contribution is 5.79. The molecule has 4 rings (SSSR count). The maximum atomic E-state index is 12.6. The number of likely N-dealkylation sites (tertiary alicyclic amines) is 1. The van der Waals surface area contributed by atoms with Gasteiger partial charge in [0, 0.05) is 25.9 Å². The summed E-state index contributed by atoms with van der Waals surface area (Å²) >= 11 is 0. The quantitative estimate of drug-likeness (QED) is 0.683. The van der Waals surface area contributed by atoms with Crippen LogP contribution in [-0.4, -0.2) is 50.2 Å². The molecule has 0 N–H and O–H groups in total. The topological polar surface area (TPSA) is 73.1 Å². The first-order chi connectivity index (χ1) is 13.7. The molecule has 0 spiro atoms. The van der Waals surface area contributed by atoms with E-state index in [1.165, 1.54) is 5.56 Å².